The standard InChI is InChI=1S/C52H48O8/c53-33-7-1-3-9-35-58-43-26-19-39(20-27-43)14-13-38-17-24-42(25-18-38)52(57)60-50-32-31-46(45-11-5-6-12-47(45)50)49-37-41(23-30-48(49)51(55)56)16-15-40-21-28-44(29-22-40)59-36-10-4-2-8-34-54/h5-6,11-12,17-32,37,53-54H,1-4,7-10,33-36H2,(H,55,56). The Morgan fingerprint density at radius 3 is 1.50 bits per heavy atom. The summed E-state index contributed by atoms with van der Waals surface area (Å²) in [5.74, 6) is 12.9. The molecule has 0 bridgehead atoms. The van der Waals surface area contributed by atoms with E-state index in [1.165, 1.54) is 0 Å². The van der Waals surface area contributed by atoms with E-state index in [0.29, 0.717) is 46.6 Å². The van der Waals surface area contributed by atoms with E-state index in [2.05, 4.69) is 23.7 Å². The van der Waals surface area contributed by atoms with E-state index in [4.69, 9.17) is 24.4 Å². The monoisotopic (exact) mass is 800 g/mol. The number of carbonyl (C=O) groups is 2. The van der Waals surface area contributed by atoms with Crippen LogP contribution in [-0.2, 0) is 0 Å². The van der Waals surface area contributed by atoms with Crippen molar-refractivity contribution in [1.29, 1.82) is 0 Å². The van der Waals surface area contributed by atoms with Crippen molar-refractivity contribution in [2.75, 3.05) is 26.4 Å². The summed E-state index contributed by atoms with van der Waals surface area (Å²) in [5, 5.41) is 29.4. The summed E-state index contributed by atoms with van der Waals surface area (Å²) in [6.45, 7) is 1.70. The minimum absolute atomic E-state index is 0.125. The topological polar surface area (TPSA) is 123 Å². The number of carboxylic acid groups (broad SMARTS) is 1. The maximum Gasteiger partial charge on any atom is 0.343 e. The molecule has 0 radical (unpaired) electrons. The summed E-state index contributed by atoms with van der Waals surface area (Å²) in [6, 6.07) is 38.0. The molecule has 60 heavy (non-hydrogen) atoms. The summed E-state index contributed by atoms with van der Waals surface area (Å²) in [7, 11) is 0. The Balaban J connectivity index is 1.12. The molecule has 0 amide bonds. The quantitative estimate of drug-likeness (QED) is 0.0340. The Morgan fingerprint density at radius 1 is 0.483 bits per heavy atom. The number of aromatic carboxylic acids is 1. The Bertz CT molecular complexity index is 2480. The number of aliphatic hydroxyl groups excluding tert-OH is 2. The van der Waals surface area contributed by atoms with Gasteiger partial charge in [0.2, 0.25) is 0 Å². The molecule has 8 heteroatoms. The third kappa shape index (κ3) is 12.3. The first kappa shape index (κ1) is 42.8. The Hall–Kier alpha value is -6.84. The van der Waals surface area contributed by atoms with Crippen LogP contribution >= 0.6 is 0 Å². The predicted octanol–water partition coefficient (Wildman–Crippen LogP) is 10.1. The van der Waals surface area contributed by atoms with Gasteiger partial charge in [-0.05, 0) is 158 Å². The van der Waals surface area contributed by atoms with Crippen molar-refractivity contribution in [3.8, 4) is 52.1 Å². The van der Waals surface area contributed by atoms with Crippen LogP contribution in [0.1, 0.15) is 94.3 Å². The molecule has 0 aliphatic rings. The first-order valence-electron chi connectivity index (χ1n) is 20.3. The molecular weight excluding hydrogens is 753 g/mol. The second-order valence-corrected chi connectivity index (χ2v) is 14.2. The molecule has 0 aliphatic heterocycles. The molecule has 6 aromatic rings. The van der Waals surface area contributed by atoms with Crippen LogP contribution in [0.25, 0.3) is 21.9 Å². The zero-order valence-electron chi connectivity index (χ0n) is 33.5. The minimum Gasteiger partial charge on any atom is -0.494 e. The van der Waals surface area contributed by atoms with E-state index in [1.54, 1.807) is 54.6 Å². The summed E-state index contributed by atoms with van der Waals surface area (Å²) in [4.78, 5) is 25.8. The van der Waals surface area contributed by atoms with E-state index >= 15 is 0 Å². The van der Waals surface area contributed by atoms with Gasteiger partial charge < -0.3 is 29.5 Å². The highest BCUT2D eigenvalue weighted by Gasteiger charge is 2.18. The van der Waals surface area contributed by atoms with E-state index in [1.807, 2.05) is 72.8 Å². The van der Waals surface area contributed by atoms with E-state index in [0.717, 1.165) is 84.9 Å². The van der Waals surface area contributed by atoms with Crippen molar-refractivity contribution in [2.24, 2.45) is 0 Å². The van der Waals surface area contributed by atoms with Crippen molar-refractivity contribution in [3.05, 3.63) is 161 Å². The molecule has 0 saturated carbocycles. The lowest BCUT2D eigenvalue weighted by Gasteiger charge is -2.14. The maximum absolute atomic E-state index is 13.4. The molecule has 0 spiro atoms. The largest absolute Gasteiger partial charge is 0.494 e. The van der Waals surface area contributed by atoms with Gasteiger partial charge in [-0.15, -0.1) is 0 Å². The van der Waals surface area contributed by atoms with Crippen LogP contribution < -0.4 is 14.2 Å². The van der Waals surface area contributed by atoms with Crippen molar-refractivity contribution in [3.63, 3.8) is 0 Å². The number of aliphatic hydroxyl groups is 2. The number of hydrogen-bond donors (Lipinski definition) is 3. The zero-order valence-corrected chi connectivity index (χ0v) is 33.5. The highest BCUT2D eigenvalue weighted by atomic mass is 16.5. The normalized spacial score (nSPS) is 10.6. The molecule has 0 heterocycles. The molecule has 8 nitrogen and oxygen atoms in total. The number of carbonyl (C=O) groups excluding carboxylic acids is 1. The lowest BCUT2D eigenvalue weighted by molar-refractivity contribution is 0.0695. The molecule has 6 aromatic carbocycles. The van der Waals surface area contributed by atoms with Crippen molar-refractivity contribution in [1.82, 2.24) is 0 Å². The van der Waals surface area contributed by atoms with Gasteiger partial charge in [-0.25, -0.2) is 9.59 Å². The van der Waals surface area contributed by atoms with Crippen LogP contribution in [0.5, 0.6) is 17.2 Å². The number of ether oxygens (including phenoxy) is 3. The summed E-state index contributed by atoms with van der Waals surface area (Å²) in [6.07, 6.45) is 7.53. The number of fused-ring (bicyclic) bond motifs is 1. The first-order valence-corrected chi connectivity index (χ1v) is 20.3. The number of hydrogen-bond acceptors (Lipinski definition) is 7. The Morgan fingerprint density at radius 2 is 0.967 bits per heavy atom. The number of rotatable bonds is 18. The molecule has 0 fully saturated rings. The predicted molar refractivity (Wildman–Crippen MR) is 235 cm³/mol. The maximum atomic E-state index is 13.4. The molecule has 0 atom stereocenters. The lowest BCUT2D eigenvalue weighted by atomic mass is 9.92. The summed E-state index contributed by atoms with van der Waals surface area (Å²) < 4.78 is 17.6. The lowest BCUT2D eigenvalue weighted by Crippen LogP contribution is -2.09. The SMILES string of the molecule is O=C(Oc1ccc(-c2cc(C#Cc3ccc(OCCCCCCO)cc3)ccc2C(=O)O)c2ccccc12)c1ccc(C#Cc2ccc(OCCCCCCO)cc2)cc1. The number of esters is 1. The molecule has 0 unspecified atom stereocenters. The van der Waals surface area contributed by atoms with Crippen LogP contribution in [0.2, 0.25) is 0 Å². The van der Waals surface area contributed by atoms with Crippen molar-refractivity contribution >= 4 is 22.7 Å². The summed E-state index contributed by atoms with van der Waals surface area (Å²) in [5.41, 5.74) is 4.66. The average molecular weight is 801 g/mol. The van der Waals surface area contributed by atoms with Gasteiger partial charge in [-0.2, -0.15) is 0 Å². The number of benzene rings is 6. The second kappa shape index (κ2) is 22.3. The molecule has 0 aromatic heterocycles. The van der Waals surface area contributed by atoms with Gasteiger partial charge in [0.1, 0.15) is 17.2 Å². The fourth-order valence-corrected chi connectivity index (χ4v) is 6.55. The van der Waals surface area contributed by atoms with Gasteiger partial charge >= 0.3 is 11.9 Å². The zero-order chi connectivity index (χ0) is 41.9. The molecule has 304 valence electrons. The van der Waals surface area contributed by atoms with Crippen molar-refractivity contribution < 1.29 is 39.1 Å². The van der Waals surface area contributed by atoms with Crippen LogP contribution in [0, 0.1) is 23.7 Å². The third-order valence-corrected chi connectivity index (χ3v) is 9.80. The van der Waals surface area contributed by atoms with E-state index < -0.39 is 11.9 Å². The molecule has 0 aliphatic carbocycles. The van der Waals surface area contributed by atoms with Gasteiger partial charge in [0.05, 0.1) is 24.3 Å². The van der Waals surface area contributed by atoms with Gasteiger partial charge in [-0.1, -0.05) is 60.8 Å². The fourth-order valence-electron chi connectivity index (χ4n) is 6.55. The first-order chi connectivity index (χ1) is 29.4. The molecule has 3 N–H and O–H groups in total. The Kier molecular flexibility index (Phi) is 15.9. The molecular formula is C52H48O8. The highest BCUT2D eigenvalue weighted by molar-refractivity contribution is 6.06. The molecule has 6 rings (SSSR count). The smallest absolute Gasteiger partial charge is 0.343 e. The summed E-state index contributed by atoms with van der Waals surface area (Å²) >= 11 is 0. The van der Waals surface area contributed by atoms with Crippen LogP contribution in [0.3, 0.4) is 0 Å². The Labute approximate surface area is 351 Å². The third-order valence-electron chi connectivity index (χ3n) is 9.80. The van der Waals surface area contributed by atoms with Crippen LogP contribution in [-0.4, -0.2) is 53.7 Å². The minimum atomic E-state index is -1.07. The van der Waals surface area contributed by atoms with Crippen LogP contribution in [0.15, 0.2) is 127 Å². The van der Waals surface area contributed by atoms with Gasteiger partial charge in [0.25, 0.3) is 0 Å². The van der Waals surface area contributed by atoms with Gasteiger partial charge in [0, 0.05) is 40.9 Å². The fraction of sp³-hybridized carbons (Fsp3) is 0.231. The molecule has 0 saturated heterocycles. The van der Waals surface area contributed by atoms with Crippen LogP contribution in [0.4, 0.5) is 0 Å². The van der Waals surface area contributed by atoms with Gasteiger partial charge in [-0.3, -0.25) is 0 Å². The van der Waals surface area contributed by atoms with Crippen molar-refractivity contribution in [2.45, 2.75) is 51.4 Å². The second-order valence-electron chi connectivity index (χ2n) is 14.2. The van der Waals surface area contributed by atoms with Gasteiger partial charge in [0.15, 0.2) is 0 Å². The van der Waals surface area contributed by atoms with E-state index in [9.17, 15) is 14.7 Å². The number of carboxylic acids is 1. The van der Waals surface area contributed by atoms with E-state index in [-0.39, 0.29) is 18.8 Å². The highest BCUT2D eigenvalue weighted by Crippen LogP contribution is 2.37. The average Bonchev–Trinajstić information content (AvgIpc) is 3.28. The number of unbranched alkanes of at least 4 members (excludes halogenated alkanes) is 6.